The molecule has 7 nitrogen and oxygen atoms in total. The second kappa shape index (κ2) is 7.16. The summed E-state index contributed by atoms with van der Waals surface area (Å²) in [5.41, 5.74) is 5.69. The molecule has 0 radical (unpaired) electrons. The Kier molecular flexibility index (Phi) is 4.68. The second-order valence-corrected chi connectivity index (χ2v) is 7.13. The van der Waals surface area contributed by atoms with Gasteiger partial charge >= 0.3 is 6.16 Å². The van der Waals surface area contributed by atoms with Crippen LogP contribution in [0.3, 0.4) is 0 Å². The van der Waals surface area contributed by atoms with E-state index in [9.17, 15) is 9.59 Å². The third-order valence-corrected chi connectivity index (χ3v) is 5.37. The lowest BCUT2D eigenvalue weighted by Gasteiger charge is -2.11. The SMILES string of the molecule is CCNCc1cc2cc3c(cc2n1C)CCCc1cc(OC(=O)O)c(=O)[nH]c1-3. The molecule has 1 aromatic carbocycles. The summed E-state index contributed by atoms with van der Waals surface area (Å²) in [6, 6.07) is 8.05. The van der Waals surface area contributed by atoms with Crippen LogP contribution in [-0.4, -0.2) is 27.4 Å². The van der Waals surface area contributed by atoms with Gasteiger partial charge in [0.1, 0.15) is 0 Å². The van der Waals surface area contributed by atoms with Crippen LogP contribution in [0, 0.1) is 0 Å². The quantitative estimate of drug-likeness (QED) is 0.603. The van der Waals surface area contributed by atoms with E-state index >= 15 is 0 Å². The van der Waals surface area contributed by atoms with E-state index in [1.165, 1.54) is 16.8 Å². The Morgan fingerprint density at radius 1 is 1.25 bits per heavy atom. The largest absolute Gasteiger partial charge is 0.511 e. The molecule has 4 rings (SSSR count). The highest BCUT2D eigenvalue weighted by molar-refractivity contribution is 5.88. The van der Waals surface area contributed by atoms with Gasteiger partial charge in [0.2, 0.25) is 0 Å². The van der Waals surface area contributed by atoms with E-state index in [2.05, 4.69) is 51.8 Å². The number of hydrogen-bond donors (Lipinski definition) is 3. The molecule has 3 N–H and O–H groups in total. The maximum absolute atomic E-state index is 12.3. The standard InChI is InChI=1S/C21H23N3O4/c1-3-22-11-15-7-14-8-16-12(9-17(14)24(15)2)5-4-6-13-10-18(28-21(26)27)20(25)23-19(13)16/h7-10,22H,3-6,11H2,1-2H3,(H,23,25)(H,26,27). The van der Waals surface area contributed by atoms with Gasteiger partial charge in [0.15, 0.2) is 5.75 Å². The topological polar surface area (TPSA) is 96.3 Å². The second-order valence-electron chi connectivity index (χ2n) is 7.13. The summed E-state index contributed by atoms with van der Waals surface area (Å²) < 4.78 is 6.83. The molecule has 0 atom stereocenters. The first-order chi connectivity index (χ1) is 13.5. The Hall–Kier alpha value is -3.06. The van der Waals surface area contributed by atoms with Gasteiger partial charge in [-0.25, -0.2) is 4.79 Å². The van der Waals surface area contributed by atoms with Gasteiger partial charge in [-0.05, 0) is 61.2 Å². The van der Waals surface area contributed by atoms with Crippen LogP contribution < -0.4 is 15.6 Å². The lowest BCUT2D eigenvalue weighted by Crippen LogP contribution is -2.16. The van der Waals surface area contributed by atoms with E-state index in [1.807, 2.05) is 0 Å². The number of nitrogens with one attached hydrogen (secondary N) is 2. The van der Waals surface area contributed by atoms with E-state index < -0.39 is 11.7 Å². The Balaban J connectivity index is 1.86. The zero-order valence-corrected chi connectivity index (χ0v) is 16.0. The predicted molar refractivity (Wildman–Crippen MR) is 107 cm³/mol. The number of aryl methyl sites for hydroxylation is 3. The van der Waals surface area contributed by atoms with Gasteiger partial charge < -0.3 is 24.7 Å². The average molecular weight is 381 g/mol. The van der Waals surface area contributed by atoms with Crippen LogP contribution in [0.4, 0.5) is 4.79 Å². The minimum absolute atomic E-state index is 0.177. The molecule has 0 saturated heterocycles. The number of H-pyrrole nitrogens is 1. The fourth-order valence-corrected chi connectivity index (χ4v) is 3.98. The molecule has 3 aromatic rings. The van der Waals surface area contributed by atoms with Gasteiger partial charge in [-0.3, -0.25) is 4.79 Å². The van der Waals surface area contributed by atoms with Gasteiger partial charge in [-0.1, -0.05) is 6.92 Å². The highest BCUT2D eigenvalue weighted by atomic mass is 16.7. The number of pyridine rings is 1. The molecular formula is C21H23N3O4. The monoisotopic (exact) mass is 381 g/mol. The van der Waals surface area contributed by atoms with E-state index in [0.29, 0.717) is 0 Å². The van der Waals surface area contributed by atoms with Crippen LogP contribution in [-0.2, 0) is 26.4 Å². The van der Waals surface area contributed by atoms with Gasteiger partial charge in [0.25, 0.3) is 5.56 Å². The molecule has 28 heavy (non-hydrogen) atoms. The van der Waals surface area contributed by atoms with E-state index in [4.69, 9.17) is 5.11 Å². The highest BCUT2D eigenvalue weighted by Gasteiger charge is 2.20. The number of hydrogen-bond acceptors (Lipinski definition) is 4. The number of ether oxygens (including phenoxy) is 1. The summed E-state index contributed by atoms with van der Waals surface area (Å²) in [7, 11) is 2.07. The van der Waals surface area contributed by atoms with Crippen LogP contribution in [0.15, 0.2) is 29.1 Å². The molecule has 1 aliphatic carbocycles. The number of nitrogens with zero attached hydrogens (tertiary/aromatic N) is 1. The molecule has 0 amide bonds. The molecule has 7 heteroatoms. The molecular weight excluding hydrogens is 358 g/mol. The summed E-state index contributed by atoms with van der Waals surface area (Å²) in [4.78, 5) is 26.0. The van der Waals surface area contributed by atoms with Crippen molar-refractivity contribution in [2.24, 2.45) is 7.05 Å². The number of rotatable bonds is 4. The predicted octanol–water partition coefficient (Wildman–Crippen LogP) is 3.19. The summed E-state index contributed by atoms with van der Waals surface area (Å²) >= 11 is 0. The summed E-state index contributed by atoms with van der Waals surface area (Å²) in [5, 5.41) is 13.3. The van der Waals surface area contributed by atoms with Gasteiger partial charge in [0, 0.05) is 35.8 Å². The molecule has 2 heterocycles. The van der Waals surface area contributed by atoms with Crippen LogP contribution in [0.1, 0.15) is 30.2 Å². The van der Waals surface area contributed by atoms with Crippen LogP contribution >= 0.6 is 0 Å². The maximum atomic E-state index is 12.3. The van der Waals surface area contributed by atoms with E-state index in [0.717, 1.165) is 54.6 Å². The fourth-order valence-electron chi connectivity index (χ4n) is 3.98. The first kappa shape index (κ1) is 18.3. The Bertz CT molecular complexity index is 1130. The fraction of sp³-hybridized carbons (Fsp3) is 0.333. The zero-order valence-electron chi connectivity index (χ0n) is 16.0. The van der Waals surface area contributed by atoms with Gasteiger partial charge in [-0.2, -0.15) is 0 Å². The summed E-state index contributed by atoms with van der Waals surface area (Å²) in [6.07, 6.45) is 1.07. The van der Waals surface area contributed by atoms with E-state index in [-0.39, 0.29) is 5.75 Å². The Labute approximate surface area is 162 Å². The summed E-state index contributed by atoms with van der Waals surface area (Å²) in [5.74, 6) is -0.177. The number of aromatic amines is 1. The van der Waals surface area contributed by atoms with Gasteiger partial charge in [-0.15, -0.1) is 0 Å². The third kappa shape index (κ3) is 3.18. The molecule has 0 unspecified atom stereocenters. The molecule has 1 aliphatic rings. The normalized spacial score (nSPS) is 13.1. The van der Waals surface area contributed by atoms with Crippen molar-refractivity contribution in [3.8, 4) is 17.0 Å². The molecule has 0 saturated carbocycles. The van der Waals surface area contributed by atoms with Crippen molar-refractivity contribution in [3.63, 3.8) is 0 Å². The summed E-state index contributed by atoms with van der Waals surface area (Å²) in [6.45, 7) is 3.80. The minimum atomic E-state index is -1.49. The molecule has 0 aliphatic heterocycles. The number of aromatic nitrogens is 2. The Morgan fingerprint density at radius 2 is 2.04 bits per heavy atom. The number of carboxylic acid groups (broad SMARTS) is 1. The lowest BCUT2D eigenvalue weighted by molar-refractivity contribution is 0.143. The lowest BCUT2D eigenvalue weighted by atomic mass is 9.99. The maximum Gasteiger partial charge on any atom is 0.511 e. The zero-order chi connectivity index (χ0) is 19.8. The van der Waals surface area contributed by atoms with Crippen molar-refractivity contribution >= 4 is 17.1 Å². The first-order valence-electron chi connectivity index (χ1n) is 9.47. The molecule has 0 fully saturated rings. The van der Waals surface area contributed by atoms with Gasteiger partial charge in [0.05, 0.1) is 5.69 Å². The minimum Gasteiger partial charge on any atom is -0.449 e. The molecule has 0 bridgehead atoms. The molecule has 2 aromatic heterocycles. The van der Waals surface area contributed by atoms with Crippen molar-refractivity contribution in [2.75, 3.05) is 6.54 Å². The smallest absolute Gasteiger partial charge is 0.449 e. The number of fused-ring (bicyclic) bond motifs is 4. The molecule has 0 spiro atoms. The van der Waals surface area contributed by atoms with Crippen molar-refractivity contribution in [2.45, 2.75) is 32.7 Å². The van der Waals surface area contributed by atoms with Crippen LogP contribution in [0.5, 0.6) is 5.75 Å². The van der Waals surface area contributed by atoms with Crippen LogP contribution in [0.2, 0.25) is 0 Å². The molecule has 146 valence electrons. The van der Waals surface area contributed by atoms with E-state index in [1.54, 1.807) is 6.07 Å². The third-order valence-electron chi connectivity index (χ3n) is 5.37. The Morgan fingerprint density at radius 3 is 2.79 bits per heavy atom. The number of carbonyl (C=O) groups is 1. The van der Waals surface area contributed by atoms with Crippen molar-refractivity contribution < 1.29 is 14.6 Å². The van der Waals surface area contributed by atoms with Crippen molar-refractivity contribution in [1.82, 2.24) is 14.9 Å². The number of benzene rings is 1. The van der Waals surface area contributed by atoms with Crippen LogP contribution in [0.25, 0.3) is 22.2 Å². The average Bonchev–Trinajstić information content (AvgIpc) is 2.85. The highest BCUT2D eigenvalue weighted by Crippen LogP contribution is 2.35. The van der Waals surface area contributed by atoms with Crippen molar-refractivity contribution in [3.05, 3.63) is 51.4 Å². The first-order valence-corrected chi connectivity index (χ1v) is 9.47. The van der Waals surface area contributed by atoms with Crippen molar-refractivity contribution in [1.29, 1.82) is 0 Å².